The number of fused-ring (bicyclic) bond motifs is 1. The lowest BCUT2D eigenvalue weighted by atomic mass is 10.2. The number of ether oxygens (including phenoxy) is 1. The van der Waals surface area contributed by atoms with Crippen LogP contribution in [0.25, 0.3) is 16.3 Å². The fourth-order valence-corrected chi connectivity index (χ4v) is 4.42. The minimum atomic E-state index is 0.774. The highest BCUT2D eigenvalue weighted by molar-refractivity contribution is 9.11. The Morgan fingerprint density at radius 1 is 1.21 bits per heavy atom. The fourth-order valence-electron chi connectivity index (χ4n) is 2.89. The van der Waals surface area contributed by atoms with Crippen molar-refractivity contribution < 1.29 is 4.74 Å². The van der Waals surface area contributed by atoms with Crippen molar-refractivity contribution in [2.75, 3.05) is 7.11 Å². The lowest BCUT2D eigenvalue weighted by Gasteiger charge is -2.01. The van der Waals surface area contributed by atoms with Crippen molar-refractivity contribution in [2.45, 2.75) is 13.8 Å². The lowest BCUT2D eigenvalue weighted by molar-refractivity contribution is 0.303. The average Bonchev–Trinajstić information content (AvgIpc) is 3.23. The van der Waals surface area contributed by atoms with Crippen LogP contribution in [0, 0.1) is 13.8 Å². The summed E-state index contributed by atoms with van der Waals surface area (Å²) in [6.07, 6.45) is 4.01. The van der Waals surface area contributed by atoms with E-state index in [1.807, 2.05) is 12.2 Å². The molecule has 0 amide bonds. The zero-order valence-electron chi connectivity index (χ0n) is 13.5. The summed E-state index contributed by atoms with van der Waals surface area (Å²) in [6, 6.07) is 6.33. The van der Waals surface area contributed by atoms with Gasteiger partial charge < -0.3 is 14.7 Å². The molecule has 1 aliphatic rings. The Morgan fingerprint density at radius 3 is 2.71 bits per heavy atom. The maximum Gasteiger partial charge on any atom is 0.146 e. The summed E-state index contributed by atoms with van der Waals surface area (Å²) >= 11 is 5.22. The van der Waals surface area contributed by atoms with Gasteiger partial charge in [0.05, 0.1) is 32.5 Å². The molecule has 24 heavy (non-hydrogen) atoms. The van der Waals surface area contributed by atoms with Crippen molar-refractivity contribution in [3.63, 3.8) is 0 Å². The standard InChI is InChI=1S/C18H16BrN3OS/c1-9-4-10(2)20-11(9)5-14-16(23-3)6-12(21-14)13-7-17-15(22-13)8-18(19)24-17/h4-8,20,22H,1-3H3. The van der Waals surface area contributed by atoms with E-state index in [9.17, 15) is 0 Å². The van der Waals surface area contributed by atoms with E-state index < -0.39 is 0 Å². The Labute approximate surface area is 152 Å². The Hall–Kier alpha value is -2.05. The van der Waals surface area contributed by atoms with Gasteiger partial charge in [-0.15, -0.1) is 11.3 Å². The van der Waals surface area contributed by atoms with Crippen LogP contribution in [0.4, 0.5) is 0 Å². The van der Waals surface area contributed by atoms with Crippen LogP contribution < -0.4 is 0 Å². The van der Waals surface area contributed by atoms with Gasteiger partial charge in [0.1, 0.15) is 11.5 Å². The summed E-state index contributed by atoms with van der Waals surface area (Å²) in [5.41, 5.74) is 7.23. The molecular weight excluding hydrogens is 386 g/mol. The minimum absolute atomic E-state index is 0.774. The summed E-state index contributed by atoms with van der Waals surface area (Å²) in [6.45, 7) is 4.14. The number of thiophene rings is 1. The van der Waals surface area contributed by atoms with E-state index in [1.54, 1.807) is 18.4 Å². The maximum absolute atomic E-state index is 5.51. The first-order chi connectivity index (χ1) is 11.5. The first-order valence-electron chi connectivity index (χ1n) is 7.54. The maximum atomic E-state index is 5.51. The molecule has 0 aliphatic carbocycles. The number of methoxy groups -OCH3 is 1. The Kier molecular flexibility index (Phi) is 3.73. The van der Waals surface area contributed by atoms with Crippen LogP contribution in [0.15, 0.2) is 44.5 Å². The molecule has 3 aromatic heterocycles. The summed E-state index contributed by atoms with van der Waals surface area (Å²) in [4.78, 5) is 11.5. The number of aromatic nitrogens is 2. The smallest absolute Gasteiger partial charge is 0.146 e. The molecule has 3 aromatic rings. The van der Waals surface area contributed by atoms with Gasteiger partial charge in [-0.05, 0) is 59.6 Å². The largest absolute Gasteiger partial charge is 0.494 e. The fraction of sp³-hybridized carbons (Fsp3) is 0.167. The van der Waals surface area contributed by atoms with Gasteiger partial charge in [-0.25, -0.2) is 4.99 Å². The van der Waals surface area contributed by atoms with Crippen molar-refractivity contribution in [1.29, 1.82) is 0 Å². The van der Waals surface area contributed by atoms with Gasteiger partial charge in [0, 0.05) is 17.5 Å². The molecule has 0 fully saturated rings. The van der Waals surface area contributed by atoms with Crippen molar-refractivity contribution >= 4 is 49.3 Å². The molecule has 0 saturated carbocycles. The highest BCUT2D eigenvalue weighted by Gasteiger charge is 2.19. The van der Waals surface area contributed by atoms with E-state index in [1.165, 1.54) is 10.3 Å². The van der Waals surface area contributed by atoms with Gasteiger partial charge in [-0.3, -0.25) is 0 Å². The van der Waals surface area contributed by atoms with Crippen LogP contribution in [-0.4, -0.2) is 22.8 Å². The number of halogens is 1. The van der Waals surface area contributed by atoms with Crippen LogP contribution in [0.3, 0.4) is 0 Å². The van der Waals surface area contributed by atoms with E-state index >= 15 is 0 Å². The van der Waals surface area contributed by atoms with E-state index in [0.29, 0.717) is 0 Å². The van der Waals surface area contributed by atoms with Gasteiger partial charge in [0.15, 0.2) is 0 Å². The molecule has 2 N–H and O–H groups in total. The van der Waals surface area contributed by atoms with E-state index in [2.05, 4.69) is 57.9 Å². The third-order valence-electron chi connectivity index (χ3n) is 4.00. The molecule has 4 nitrogen and oxygen atoms in total. The highest BCUT2D eigenvalue weighted by atomic mass is 79.9. The molecule has 0 radical (unpaired) electrons. The van der Waals surface area contributed by atoms with Gasteiger partial charge in [-0.1, -0.05) is 0 Å². The molecule has 0 unspecified atom stereocenters. The molecular formula is C18H16BrN3OS. The zero-order valence-corrected chi connectivity index (χ0v) is 15.9. The quantitative estimate of drug-likeness (QED) is 0.613. The van der Waals surface area contributed by atoms with Crippen molar-refractivity contribution in [3.05, 3.63) is 62.2 Å². The summed E-state index contributed by atoms with van der Waals surface area (Å²) in [7, 11) is 1.68. The molecule has 4 rings (SSSR count). The SMILES string of the molecule is COC1=CC(c2cc3sc(Br)cc3[nH]2)=NC1=Cc1[nH]c(C)cc1C. The Bertz CT molecular complexity index is 1000. The number of nitrogens with one attached hydrogen (secondary N) is 2. The van der Waals surface area contributed by atoms with E-state index in [-0.39, 0.29) is 0 Å². The number of aliphatic imine (C=N–C) groups is 1. The second-order valence-electron chi connectivity index (χ2n) is 5.80. The molecule has 0 spiro atoms. The molecule has 1 aliphatic heterocycles. The first kappa shape index (κ1) is 15.5. The lowest BCUT2D eigenvalue weighted by Crippen LogP contribution is -1.93. The minimum Gasteiger partial charge on any atom is -0.494 e. The molecule has 4 heterocycles. The third kappa shape index (κ3) is 2.65. The topological polar surface area (TPSA) is 53.2 Å². The summed E-state index contributed by atoms with van der Waals surface area (Å²) in [5, 5.41) is 0. The second-order valence-corrected chi connectivity index (χ2v) is 8.26. The predicted molar refractivity (Wildman–Crippen MR) is 104 cm³/mol. The Balaban J connectivity index is 1.75. The van der Waals surface area contributed by atoms with Crippen molar-refractivity contribution in [3.8, 4) is 0 Å². The van der Waals surface area contributed by atoms with Crippen LogP contribution in [-0.2, 0) is 4.74 Å². The third-order valence-corrected chi connectivity index (χ3v) is 5.59. The van der Waals surface area contributed by atoms with Gasteiger partial charge >= 0.3 is 0 Å². The van der Waals surface area contributed by atoms with Crippen LogP contribution in [0.5, 0.6) is 0 Å². The first-order valence-corrected chi connectivity index (χ1v) is 9.15. The molecule has 0 aromatic carbocycles. The number of hydrogen-bond acceptors (Lipinski definition) is 3. The van der Waals surface area contributed by atoms with Gasteiger partial charge in [-0.2, -0.15) is 0 Å². The Morgan fingerprint density at radius 2 is 2.04 bits per heavy atom. The van der Waals surface area contributed by atoms with Crippen molar-refractivity contribution in [2.24, 2.45) is 4.99 Å². The number of aromatic amines is 2. The monoisotopic (exact) mass is 401 g/mol. The second kappa shape index (κ2) is 5.79. The normalized spacial score (nSPS) is 16.1. The van der Waals surface area contributed by atoms with Gasteiger partial charge in [0.25, 0.3) is 0 Å². The average molecular weight is 402 g/mol. The van der Waals surface area contributed by atoms with E-state index in [4.69, 9.17) is 9.73 Å². The predicted octanol–water partition coefficient (Wildman–Crippen LogP) is 5.31. The van der Waals surface area contributed by atoms with Crippen LogP contribution in [0.1, 0.15) is 22.6 Å². The van der Waals surface area contributed by atoms with Crippen LogP contribution in [0.2, 0.25) is 0 Å². The summed E-state index contributed by atoms with van der Waals surface area (Å²) < 4.78 is 7.84. The number of nitrogens with zero attached hydrogens (tertiary/aromatic N) is 1. The number of H-pyrrole nitrogens is 2. The highest BCUT2D eigenvalue weighted by Crippen LogP contribution is 2.32. The van der Waals surface area contributed by atoms with E-state index in [0.717, 1.165) is 43.6 Å². The van der Waals surface area contributed by atoms with Crippen molar-refractivity contribution in [1.82, 2.24) is 9.97 Å². The number of hydrogen-bond donors (Lipinski definition) is 2. The molecule has 122 valence electrons. The van der Waals surface area contributed by atoms with Crippen LogP contribution >= 0.6 is 27.3 Å². The summed E-state index contributed by atoms with van der Waals surface area (Å²) in [5.74, 6) is 0.774. The number of aryl methyl sites for hydroxylation is 2. The number of allylic oxidation sites excluding steroid dienone is 1. The molecule has 6 heteroatoms. The molecule has 0 saturated heterocycles. The zero-order chi connectivity index (χ0) is 16.8. The number of rotatable bonds is 3. The van der Waals surface area contributed by atoms with Gasteiger partial charge in [0.2, 0.25) is 0 Å². The molecule has 0 bridgehead atoms. The molecule has 0 atom stereocenters.